The molecule has 0 bridgehead atoms. The monoisotopic (exact) mass is 363 g/mol. The van der Waals surface area contributed by atoms with Gasteiger partial charge in [0, 0.05) is 25.2 Å². The van der Waals surface area contributed by atoms with Crippen molar-refractivity contribution < 1.29 is 28.2 Å². The second-order valence-corrected chi connectivity index (χ2v) is 5.94. The van der Waals surface area contributed by atoms with E-state index >= 15 is 0 Å². The zero-order valence-corrected chi connectivity index (χ0v) is 14.4. The van der Waals surface area contributed by atoms with Gasteiger partial charge in [-0.25, -0.2) is 8.78 Å². The highest BCUT2D eigenvalue weighted by Gasteiger charge is 2.28. The average Bonchev–Trinajstić information content (AvgIpc) is 2.62. The molecule has 0 heterocycles. The summed E-state index contributed by atoms with van der Waals surface area (Å²) in [7, 11) is 1.46. The van der Waals surface area contributed by atoms with Gasteiger partial charge in [-0.3, -0.25) is 9.59 Å². The fourth-order valence-corrected chi connectivity index (χ4v) is 2.35. The average molecular weight is 363 g/mol. The van der Waals surface area contributed by atoms with Crippen LogP contribution in [0.2, 0.25) is 0 Å². The van der Waals surface area contributed by atoms with E-state index in [0.717, 1.165) is 12.1 Å². The fraction of sp³-hybridized carbons (Fsp3) is 0.263. The van der Waals surface area contributed by atoms with E-state index in [2.05, 4.69) is 0 Å². The number of hydrogen-bond donors (Lipinski definition) is 1. The lowest BCUT2D eigenvalue weighted by Crippen LogP contribution is -2.38. The second kappa shape index (κ2) is 8.42. The number of aliphatic carboxylic acids is 1. The van der Waals surface area contributed by atoms with Gasteiger partial charge in [-0.05, 0) is 12.1 Å². The molecule has 0 aliphatic rings. The van der Waals surface area contributed by atoms with E-state index in [1.165, 1.54) is 24.9 Å². The fourth-order valence-electron chi connectivity index (χ4n) is 2.35. The van der Waals surface area contributed by atoms with E-state index in [0.29, 0.717) is 5.56 Å². The molecule has 2 aromatic rings. The molecule has 0 aliphatic carbocycles. The van der Waals surface area contributed by atoms with Crippen LogP contribution in [0, 0.1) is 17.6 Å². The van der Waals surface area contributed by atoms with Gasteiger partial charge in [0.2, 0.25) is 6.10 Å². The van der Waals surface area contributed by atoms with Crippen molar-refractivity contribution in [3.63, 3.8) is 0 Å². The maximum absolute atomic E-state index is 13.4. The Morgan fingerprint density at radius 1 is 1.12 bits per heavy atom. The molecule has 2 aromatic carbocycles. The molecule has 7 heteroatoms. The number of hydrogen-bond acceptors (Lipinski definition) is 3. The Bertz CT molecular complexity index is 782. The number of carboxylic acid groups (broad SMARTS) is 1. The topological polar surface area (TPSA) is 66.8 Å². The predicted molar refractivity (Wildman–Crippen MR) is 90.6 cm³/mol. The van der Waals surface area contributed by atoms with E-state index in [1.807, 2.05) is 0 Å². The maximum atomic E-state index is 13.4. The minimum atomic E-state index is -1.12. The Morgan fingerprint density at radius 3 is 2.35 bits per heavy atom. The second-order valence-electron chi connectivity index (χ2n) is 5.94. The molecule has 0 aromatic heterocycles. The molecule has 2 unspecified atom stereocenters. The number of benzene rings is 2. The number of amides is 1. The molecule has 0 spiro atoms. The zero-order valence-electron chi connectivity index (χ0n) is 14.4. The SMILES string of the molecule is CC(CN(C)C(=O)C(Oc1ccc(F)c(F)c1)c1ccccc1)C(=O)O. The first-order chi connectivity index (χ1) is 12.3. The van der Waals surface area contributed by atoms with E-state index in [1.54, 1.807) is 30.3 Å². The molecule has 1 amide bonds. The lowest BCUT2D eigenvalue weighted by Gasteiger charge is -2.26. The van der Waals surface area contributed by atoms with Gasteiger partial charge >= 0.3 is 5.97 Å². The smallest absolute Gasteiger partial charge is 0.308 e. The van der Waals surface area contributed by atoms with Crippen LogP contribution in [0.4, 0.5) is 8.78 Å². The summed E-state index contributed by atoms with van der Waals surface area (Å²) in [5, 5.41) is 9.01. The molecule has 26 heavy (non-hydrogen) atoms. The number of carboxylic acids is 1. The third-order valence-electron chi connectivity index (χ3n) is 3.82. The van der Waals surface area contributed by atoms with Crippen LogP contribution in [0.5, 0.6) is 5.75 Å². The number of ether oxygens (including phenoxy) is 1. The first-order valence-corrected chi connectivity index (χ1v) is 7.94. The van der Waals surface area contributed by atoms with Crippen LogP contribution in [0.15, 0.2) is 48.5 Å². The quantitative estimate of drug-likeness (QED) is 0.820. The highest BCUT2D eigenvalue weighted by atomic mass is 19.2. The summed E-state index contributed by atoms with van der Waals surface area (Å²) in [6, 6.07) is 11.5. The minimum Gasteiger partial charge on any atom is -0.481 e. The van der Waals surface area contributed by atoms with Crippen molar-refractivity contribution in [3.8, 4) is 5.75 Å². The highest BCUT2D eigenvalue weighted by molar-refractivity contribution is 5.83. The molecule has 0 radical (unpaired) electrons. The first-order valence-electron chi connectivity index (χ1n) is 7.94. The molecule has 0 saturated carbocycles. The normalized spacial score (nSPS) is 12.9. The summed E-state index contributed by atoms with van der Waals surface area (Å²) < 4.78 is 32.2. The molecular formula is C19H19F2NO4. The summed E-state index contributed by atoms with van der Waals surface area (Å²) >= 11 is 0. The predicted octanol–water partition coefficient (Wildman–Crippen LogP) is 3.26. The van der Waals surface area contributed by atoms with Crippen LogP contribution < -0.4 is 4.74 Å². The maximum Gasteiger partial charge on any atom is 0.308 e. The van der Waals surface area contributed by atoms with E-state index < -0.39 is 35.5 Å². The number of rotatable bonds is 7. The Hall–Kier alpha value is -2.96. The van der Waals surface area contributed by atoms with E-state index in [4.69, 9.17) is 9.84 Å². The van der Waals surface area contributed by atoms with Gasteiger partial charge in [-0.15, -0.1) is 0 Å². The standard InChI is InChI=1S/C19H19F2NO4/c1-12(19(24)25)11-22(2)18(23)17(13-6-4-3-5-7-13)26-14-8-9-15(20)16(21)10-14/h3-10,12,17H,11H2,1-2H3,(H,24,25). The third-order valence-corrected chi connectivity index (χ3v) is 3.82. The lowest BCUT2D eigenvalue weighted by molar-refractivity contribution is -0.144. The minimum absolute atomic E-state index is 0.00853. The van der Waals surface area contributed by atoms with Crippen molar-refractivity contribution in [2.24, 2.45) is 5.92 Å². The summed E-state index contributed by atoms with van der Waals surface area (Å²) in [4.78, 5) is 25.1. The Morgan fingerprint density at radius 2 is 1.77 bits per heavy atom. The third kappa shape index (κ3) is 4.78. The van der Waals surface area contributed by atoms with Crippen molar-refractivity contribution in [1.29, 1.82) is 0 Å². The van der Waals surface area contributed by atoms with Gasteiger partial charge in [0.1, 0.15) is 5.75 Å². The molecule has 0 aliphatic heterocycles. The number of halogens is 2. The molecule has 2 atom stereocenters. The number of carbonyl (C=O) groups is 2. The number of nitrogens with zero attached hydrogens (tertiary/aromatic N) is 1. The van der Waals surface area contributed by atoms with Crippen molar-refractivity contribution in [3.05, 3.63) is 65.7 Å². The van der Waals surface area contributed by atoms with Crippen molar-refractivity contribution in [2.45, 2.75) is 13.0 Å². The van der Waals surface area contributed by atoms with Crippen molar-refractivity contribution >= 4 is 11.9 Å². The van der Waals surface area contributed by atoms with E-state index in [-0.39, 0.29) is 12.3 Å². The lowest BCUT2D eigenvalue weighted by atomic mass is 10.1. The summed E-state index contributed by atoms with van der Waals surface area (Å²) in [6.45, 7) is 1.47. The zero-order chi connectivity index (χ0) is 19.3. The molecule has 138 valence electrons. The van der Waals surface area contributed by atoms with Crippen LogP contribution in [0.25, 0.3) is 0 Å². The Labute approximate surface area is 149 Å². The number of carbonyl (C=O) groups excluding carboxylic acids is 1. The van der Waals surface area contributed by atoms with Gasteiger partial charge in [-0.1, -0.05) is 37.3 Å². The van der Waals surface area contributed by atoms with Gasteiger partial charge < -0.3 is 14.7 Å². The van der Waals surface area contributed by atoms with Crippen LogP contribution in [0.1, 0.15) is 18.6 Å². The largest absolute Gasteiger partial charge is 0.481 e. The molecule has 0 saturated heterocycles. The van der Waals surface area contributed by atoms with Gasteiger partial charge in [-0.2, -0.15) is 0 Å². The number of likely N-dealkylation sites (N-methyl/N-ethyl adjacent to an activating group) is 1. The van der Waals surface area contributed by atoms with E-state index in [9.17, 15) is 18.4 Å². The van der Waals surface area contributed by atoms with Gasteiger partial charge in [0.15, 0.2) is 11.6 Å². The molecule has 1 N–H and O–H groups in total. The van der Waals surface area contributed by atoms with Gasteiger partial charge in [0.05, 0.1) is 5.92 Å². The van der Waals surface area contributed by atoms with Crippen LogP contribution in [0.3, 0.4) is 0 Å². The summed E-state index contributed by atoms with van der Waals surface area (Å²) in [5.41, 5.74) is 0.511. The van der Waals surface area contributed by atoms with Crippen LogP contribution in [-0.2, 0) is 9.59 Å². The summed E-state index contributed by atoms with van der Waals surface area (Å²) in [6.07, 6.45) is -1.12. The molecule has 5 nitrogen and oxygen atoms in total. The molecular weight excluding hydrogens is 344 g/mol. The highest BCUT2D eigenvalue weighted by Crippen LogP contribution is 2.25. The van der Waals surface area contributed by atoms with Crippen molar-refractivity contribution in [1.82, 2.24) is 4.90 Å². The first kappa shape index (κ1) is 19.4. The van der Waals surface area contributed by atoms with Crippen molar-refractivity contribution in [2.75, 3.05) is 13.6 Å². The van der Waals surface area contributed by atoms with Gasteiger partial charge in [0.25, 0.3) is 5.91 Å². The summed E-state index contributed by atoms with van der Waals surface area (Å²) in [5.74, 6) is -4.40. The van der Waals surface area contributed by atoms with Crippen LogP contribution in [-0.4, -0.2) is 35.5 Å². The molecule has 0 fully saturated rings. The Balaban J connectivity index is 2.27. The Kier molecular flexibility index (Phi) is 6.27. The molecule has 2 rings (SSSR count). The van der Waals surface area contributed by atoms with Crippen LogP contribution >= 0.6 is 0 Å².